The summed E-state index contributed by atoms with van der Waals surface area (Å²) >= 11 is 5.54. The molecule has 0 bridgehead atoms. The highest BCUT2D eigenvalue weighted by molar-refractivity contribution is 6.33. The summed E-state index contributed by atoms with van der Waals surface area (Å²) in [6, 6.07) is 1.23. The minimum atomic E-state index is -0.890. The van der Waals surface area contributed by atoms with Gasteiger partial charge in [-0.15, -0.1) is 0 Å². The van der Waals surface area contributed by atoms with Gasteiger partial charge in [0.1, 0.15) is 5.02 Å². The number of halogens is 1. The number of aromatic nitrogens is 1. The van der Waals surface area contributed by atoms with Crippen molar-refractivity contribution in [3.63, 3.8) is 0 Å². The number of ether oxygens (including phenoxy) is 1. The van der Waals surface area contributed by atoms with Crippen LogP contribution in [-0.2, 0) is 4.74 Å². The van der Waals surface area contributed by atoms with Gasteiger partial charge in [0.15, 0.2) is 0 Å². The quantitative estimate of drug-likeness (QED) is 0.424. The SMILES string of the molecule is COC(=O)c1nccc(Cl)c1[N+](=O)[O-]. The van der Waals surface area contributed by atoms with Crippen LogP contribution in [0.15, 0.2) is 12.3 Å². The Bertz CT molecular complexity index is 393. The zero-order chi connectivity index (χ0) is 10.7. The second-order valence-electron chi connectivity index (χ2n) is 2.24. The molecule has 1 rings (SSSR count). The molecule has 1 aromatic heterocycles. The second kappa shape index (κ2) is 4.01. The van der Waals surface area contributed by atoms with Gasteiger partial charge >= 0.3 is 11.7 Å². The fourth-order valence-electron chi connectivity index (χ4n) is 0.850. The van der Waals surface area contributed by atoms with E-state index in [0.29, 0.717) is 0 Å². The molecule has 1 aromatic rings. The van der Waals surface area contributed by atoms with Crippen molar-refractivity contribution >= 4 is 23.3 Å². The van der Waals surface area contributed by atoms with Gasteiger partial charge in [-0.2, -0.15) is 0 Å². The molecule has 0 saturated carbocycles. The molecule has 74 valence electrons. The molecule has 0 spiro atoms. The first-order valence-corrected chi connectivity index (χ1v) is 3.83. The molecule has 0 aromatic carbocycles. The first kappa shape index (κ1) is 10.4. The van der Waals surface area contributed by atoms with Crippen molar-refractivity contribution < 1.29 is 14.5 Å². The molecule has 0 saturated heterocycles. The molecule has 14 heavy (non-hydrogen) atoms. The highest BCUT2D eigenvalue weighted by atomic mass is 35.5. The van der Waals surface area contributed by atoms with Crippen LogP contribution in [0, 0.1) is 10.1 Å². The molecule has 0 amide bonds. The Labute approximate surface area is 83.6 Å². The third kappa shape index (κ3) is 1.80. The first-order chi connectivity index (χ1) is 6.57. The van der Waals surface area contributed by atoms with Crippen LogP contribution in [0.3, 0.4) is 0 Å². The summed E-state index contributed by atoms with van der Waals surface area (Å²) in [5, 5.41) is 10.4. The van der Waals surface area contributed by atoms with Crippen LogP contribution in [-0.4, -0.2) is 23.0 Å². The van der Waals surface area contributed by atoms with Crippen LogP contribution in [0.1, 0.15) is 10.5 Å². The van der Waals surface area contributed by atoms with E-state index in [9.17, 15) is 14.9 Å². The third-order valence-corrected chi connectivity index (χ3v) is 1.74. The smallest absolute Gasteiger partial charge is 0.363 e. The molecule has 0 atom stereocenters. The minimum Gasteiger partial charge on any atom is -0.464 e. The minimum absolute atomic E-state index is 0.148. The number of carbonyl (C=O) groups excluding carboxylic acids is 1. The lowest BCUT2D eigenvalue weighted by atomic mass is 10.3. The van der Waals surface area contributed by atoms with E-state index in [2.05, 4.69) is 9.72 Å². The molecule has 0 aliphatic heterocycles. The molecule has 0 unspecified atom stereocenters. The van der Waals surface area contributed by atoms with Crippen molar-refractivity contribution in [2.75, 3.05) is 7.11 Å². The maximum absolute atomic E-state index is 11.0. The van der Waals surface area contributed by atoms with Crippen molar-refractivity contribution in [3.8, 4) is 0 Å². The Balaban J connectivity index is 3.35. The summed E-state index contributed by atoms with van der Waals surface area (Å²) in [5.41, 5.74) is -0.939. The standard InChI is InChI=1S/C7H5ClN2O4/c1-14-7(11)5-6(10(12)13)4(8)2-3-9-5/h2-3H,1H3. The van der Waals surface area contributed by atoms with Crippen LogP contribution in [0.2, 0.25) is 5.02 Å². The summed E-state index contributed by atoms with van der Waals surface area (Å²) in [7, 11) is 1.11. The average molecular weight is 217 g/mol. The summed E-state index contributed by atoms with van der Waals surface area (Å²) < 4.78 is 4.32. The lowest BCUT2D eigenvalue weighted by Crippen LogP contribution is -2.08. The van der Waals surface area contributed by atoms with E-state index < -0.39 is 22.3 Å². The molecular formula is C7H5ClN2O4. The molecule has 0 N–H and O–H groups in total. The maximum atomic E-state index is 11.0. The van der Waals surface area contributed by atoms with Gasteiger partial charge in [0, 0.05) is 6.20 Å². The highest BCUT2D eigenvalue weighted by Crippen LogP contribution is 2.26. The normalized spacial score (nSPS) is 9.57. The number of hydrogen-bond acceptors (Lipinski definition) is 5. The van der Waals surface area contributed by atoms with Crippen LogP contribution >= 0.6 is 11.6 Å². The average Bonchev–Trinajstić information content (AvgIpc) is 2.15. The zero-order valence-corrected chi connectivity index (χ0v) is 7.82. The monoisotopic (exact) mass is 216 g/mol. The third-order valence-electron chi connectivity index (χ3n) is 1.44. The van der Waals surface area contributed by atoms with Crippen LogP contribution in [0.4, 0.5) is 5.69 Å². The van der Waals surface area contributed by atoms with Crippen molar-refractivity contribution in [3.05, 3.63) is 33.1 Å². The summed E-state index contributed by atoms with van der Waals surface area (Å²) in [5.74, 6) is -0.890. The number of pyridine rings is 1. The summed E-state index contributed by atoms with van der Waals surface area (Å²) in [6.07, 6.45) is 1.20. The molecule has 1 heterocycles. The van der Waals surface area contributed by atoms with Crippen molar-refractivity contribution in [1.29, 1.82) is 0 Å². The predicted octanol–water partition coefficient (Wildman–Crippen LogP) is 1.43. The van der Waals surface area contributed by atoms with Crippen molar-refractivity contribution in [1.82, 2.24) is 4.98 Å². The predicted molar refractivity (Wildman–Crippen MR) is 47.2 cm³/mol. The molecule has 0 fully saturated rings. The van der Waals surface area contributed by atoms with Gasteiger partial charge in [0.25, 0.3) is 0 Å². The topological polar surface area (TPSA) is 82.3 Å². The maximum Gasteiger partial charge on any atom is 0.363 e. The number of methoxy groups -OCH3 is 1. The van der Waals surface area contributed by atoms with E-state index in [1.54, 1.807) is 0 Å². The van der Waals surface area contributed by atoms with Gasteiger partial charge in [-0.3, -0.25) is 10.1 Å². The Kier molecular flexibility index (Phi) is 2.98. The summed E-state index contributed by atoms with van der Waals surface area (Å²) in [4.78, 5) is 24.3. The zero-order valence-electron chi connectivity index (χ0n) is 7.06. The fraction of sp³-hybridized carbons (Fsp3) is 0.143. The second-order valence-corrected chi connectivity index (χ2v) is 2.65. The van der Waals surface area contributed by atoms with E-state index >= 15 is 0 Å². The van der Waals surface area contributed by atoms with Crippen molar-refractivity contribution in [2.24, 2.45) is 0 Å². The Morgan fingerprint density at radius 2 is 2.36 bits per heavy atom. The van der Waals surface area contributed by atoms with Gasteiger partial charge in [0.05, 0.1) is 12.0 Å². The number of carbonyl (C=O) groups is 1. The molecule has 0 aliphatic rings. The molecule has 6 nitrogen and oxygen atoms in total. The van der Waals surface area contributed by atoms with Gasteiger partial charge in [-0.25, -0.2) is 9.78 Å². The number of nitro groups is 1. The van der Waals surface area contributed by atoms with E-state index in [1.165, 1.54) is 12.3 Å². The molecule has 0 radical (unpaired) electrons. The Hall–Kier alpha value is -1.69. The molecule has 0 aliphatic carbocycles. The number of esters is 1. The van der Waals surface area contributed by atoms with E-state index in [-0.39, 0.29) is 5.02 Å². The van der Waals surface area contributed by atoms with E-state index in [4.69, 9.17) is 11.6 Å². The van der Waals surface area contributed by atoms with Crippen molar-refractivity contribution in [2.45, 2.75) is 0 Å². The van der Waals surface area contributed by atoms with E-state index in [0.717, 1.165) is 7.11 Å². The Morgan fingerprint density at radius 3 is 2.86 bits per heavy atom. The van der Waals surface area contributed by atoms with Crippen LogP contribution in [0.5, 0.6) is 0 Å². The fourth-order valence-corrected chi connectivity index (χ4v) is 1.07. The van der Waals surface area contributed by atoms with Gasteiger partial charge in [-0.05, 0) is 6.07 Å². The lowest BCUT2D eigenvalue weighted by molar-refractivity contribution is -0.385. The largest absolute Gasteiger partial charge is 0.464 e. The first-order valence-electron chi connectivity index (χ1n) is 3.45. The van der Waals surface area contributed by atoms with Gasteiger partial charge in [-0.1, -0.05) is 11.6 Å². The number of nitrogens with zero attached hydrogens (tertiary/aromatic N) is 2. The number of rotatable bonds is 2. The lowest BCUT2D eigenvalue weighted by Gasteiger charge is -2.00. The Morgan fingerprint density at radius 1 is 1.71 bits per heavy atom. The van der Waals surface area contributed by atoms with Gasteiger partial charge < -0.3 is 4.74 Å². The van der Waals surface area contributed by atoms with Gasteiger partial charge in [0.2, 0.25) is 5.69 Å². The molecule has 7 heteroatoms. The van der Waals surface area contributed by atoms with E-state index in [1.807, 2.05) is 0 Å². The summed E-state index contributed by atoms with van der Waals surface area (Å²) in [6.45, 7) is 0. The molecular weight excluding hydrogens is 212 g/mol. The number of hydrogen-bond donors (Lipinski definition) is 0. The van der Waals surface area contributed by atoms with Crippen LogP contribution < -0.4 is 0 Å². The van der Waals surface area contributed by atoms with Crippen LogP contribution in [0.25, 0.3) is 0 Å². The highest BCUT2D eigenvalue weighted by Gasteiger charge is 2.25.